The van der Waals surface area contributed by atoms with Crippen molar-refractivity contribution < 1.29 is 18.7 Å². The summed E-state index contributed by atoms with van der Waals surface area (Å²) in [5.74, 6) is 1.51. The van der Waals surface area contributed by atoms with E-state index in [9.17, 15) is 4.79 Å². The number of rotatable bonds is 10. The number of aromatic nitrogens is 2. The van der Waals surface area contributed by atoms with Crippen LogP contribution >= 0.6 is 23.1 Å². The first kappa shape index (κ1) is 21.3. The Hall–Kier alpha value is -1.42. The number of fused-ring (bicyclic) bond motifs is 1. The monoisotopic (exact) mass is 425 g/mol. The highest BCUT2D eigenvalue weighted by Gasteiger charge is 2.21. The normalized spacial score (nSPS) is 16.2. The van der Waals surface area contributed by atoms with Gasteiger partial charge in [0.05, 0.1) is 23.8 Å². The molecule has 0 saturated heterocycles. The quantitative estimate of drug-likeness (QED) is 0.541. The van der Waals surface area contributed by atoms with Crippen molar-refractivity contribution in [2.45, 2.75) is 31.4 Å². The standard InChI is InChI=1S/C19H27N3O4S2/c1-13-4-5-15-14(10-13)11-16(28-15)18-20-21-19(26-18)27-12-17(23)22(6-8-24-2)7-9-25-3/h11,13H,4-10,12H2,1-3H3/t13-/m0/s1. The Bertz CT molecular complexity index is 769. The number of thiophene rings is 1. The summed E-state index contributed by atoms with van der Waals surface area (Å²) in [6.07, 6.45) is 3.49. The summed E-state index contributed by atoms with van der Waals surface area (Å²) in [4.78, 5) is 16.7. The fourth-order valence-corrected chi connectivity index (χ4v) is 4.95. The smallest absolute Gasteiger partial charge is 0.277 e. The molecule has 0 aromatic carbocycles. The second-order valence-electron chi connectivity index (χ2n) is 6.94. The largest absolute Gasteiger partial charge is 0.410 e. The van der Waals surface area contributed by atoms with Gasteiger partial charge in [0.25, 0.3) is 11.1 Å². The highest BCUT2D eigenvalue weighted by atomic mass is 32.2. The van der Waals surface area contributed by atoms with Crippen LogP contribution in [0.15, 0.2) is 15.7 Å². The summed E-state index contributed by atoms with van der Waals surface area (Å²) in [7, 11) is 3.24. The molecule has 9 heteroatoms. The van der Waals surface area contributed by atoms with Crippen molar-refractivity contribution in [3.63, 3.8) is 0 Å². The van der Waals surface area contributed by atoms with Gasteiger partial charge in [-0.1, -0.05) is 18.7 Å². The Balaban J connectivity index is 1.57. The van der Waals surface area contributed by atoms with Gasteiger partial charge in [-0.15, -0.1) is 21.5 Å². The summed E-state index contributed by atoms with van der Waals surface area (Å²) >= 11 is 3.01. The molecule has 7 nitrogen and oxygen atoms in total. The molecule has 0 unspecified atom stereocenters. The molecular formula is C19H27N3O4S2. The third-order valence-electron chi connectivity index (χ3n) is 4.75. The fourth-order valence-electron chi connectivity index (χ4n) is 3.16. The number of carbonyl (C=O) groups is 1. The fraction of sp³-hybridized carbons (Fsp3) is 0.632. The highest BCUT2D eigenvalue weighted by Crippen LogP contribution is 2.37. The molecule has 28 heavy (non-hydrogen) atoms. The summed E-state index contributed by atoms with van der Waals surface area (Å²) in [5.41, 5.74) is 1.41. The minimum absolute atomic E-state index is 0.000532. The van der Waals surface area contributed by atoms with Crippen molar-refractivity contribution in [2.75, 3.05) is 46.3 Å². The van der Waals surface area contributed by atoms with Gasteiger partial charge in [-0.25, -0.2) is 0 Å². The van der Waals surface area contributed by atoms with Gasteiger partial charge in [0.1, 0.15) is 0 Å². The van der Waals surface area contributed by atoms with Gasteiger partial charge in [0.15, 0.2) is 0 Å². The number of amides is 1. The van der Waals surface area contributed by atoms with Gasteiger partial charge in [-0.05, 0) is 36.8 Å². The Kier molecular flexibility index (Phi) is 7.90. The molecule has 0 radical (unpaired) electrons. The van der Waals surface area contributed by atoms with E-state index in [0.717, 1.165) is 23.6 Å². The topological polar surface area (TPSA) is 77.7 Å². The van der Waals surface area contributed by atoms with Crippen LogP contribution in [0.3, 0.4) is 0 Å². The van der Waals surface area contributed by atoms with E-state index in [1.807, 2.05) is 0 Å². The third kappa shape index (κ3) is 5.56. The van der Waals surface area contributed by atoms with E-state index in [-0.39, 0.29) is 11.7 Å². The number of carbonyl (C=O) groups excluding carboxylic acids is 1. The summed E-state index contributed by atoms with van der Waals surface area (Å²) in [6.45, 7) is 4.35. The SMILES string of the molecule is COCCN(CCOC)C(=O)CSc1nnc(-c2cc3c(s2)CC[C@H](C)C3)o1. The van der Waals surface area contributed by atoms with Crippen molar-refractivity contribution in [1.29, 1.82) is 0 Å². The molecule has 0 spiro atoms. The van der Waals surface area contributed by atoms with Crippen LogP contribution < -0.4 is 0 Å². The molecule has 1 amide bonds. The number of hydrogen-bond acceptors (Lipinski definition) is 8. The average molecular weight is 426 g/mol. The Morgan fingerprint density at radius 3 is 2.79 bits per heavy atom. The molecule has 1 atom stereocenters. The lowest BCUT2D eigenvalue weighted by Crippen LogP contribution is -2.37. The lowest BCUT2D eigenvalue weighted by molar-refractivity contribution is -0.129. The van der Waals surface area contributed by atoms with Crippen LogP contribution in [-0.2, 0) is 27.1 Å². The summed E-state index contributed by atoms with van der Waals surface area (Å²) < 4.78 is 16.0. The van der Waals surface area contributed by atoms with Gasteiger partial charge < -0.3 is 18.8 Å². The number of ether oxygens (including phenoxy) is 2. The van der Waals surface area contributed by atoms with Crippen molar-refractivity contribution in [2.24, 2.45) is 5.92 Å². The summed E-state index contributed by atoms with van der Waals surface area (Å²) in [5, 5.41) is 8.70. The maximum absolute atomic E-state index is 12.5. The first-order valence-electron chi connectivity index (χ1n) is 9.44. The maximum atomic E-state index is 12.5. The van der Waals surface area contributed by atoms with Gasteiger partial charge in [0.2, 0.25) is 5.91 Å². The predicted molar refractivity (Wildman–Crippen MR) is 110 cm³/mol. The van der Waals surface area contributed by atoms with Crippen molar-refractivity contribution in [3.05, 3.63) is 16.5 Å². The number of nitrogens with zero attached hydrogens (tertiary/aromatic N) is 3. The number of aryl methyl sites for hydroxylation is 1. The molecule has 2 heterocycles. The van der Waals surface area contributed by atoms with Crippen LogP contribution in [0.4, 0.5) is 0 Å². The zero-order chi connectivity index (χ0) is 19.9. The molecule has 0 fully saturated rings. The van der Waals surface area contributed by atoms with Gasteiger partial charge in [0, 0.05) is 32.2 Å². The van der Waals surface area contributed by atoms with E-state index in [2.05, 4.69) is 23.2 Å². The molecule has 2 aromatic rings. The Morgan fingerprint density at radius 2 is 2.07 bits per heavy atom. The minimum Gasteiger partial charge on any atom is -0.410 e. The highest BCUT2D eigenvalue weighted by molar-refractivity contribution is 7.99. The van der Waals surface area contributed by atoms with Crippen LogP contribution in [0.2, 0.25) is 0 Å². The van der Waals surface area contributed by atoms with Crippen LogP contribution in [0.25, 0.3) is 10.8 Å². The summed E-state index contributed by atoms with van der Waals surface area (Å²) in [6, 6.07) is 2.18. The third-order valence-corrected chi connectivity index (χ3v) is 6.78. The zero-order valence-electron chi connectivity index (χ0n) is 16.6. The maximum Gasteiger partial charge on any atom is 0.277 e. The molecule has 0 N–H and O–H groups in total. The first-order chi connectivity index (χ1) is 13.6. The number of thioether (sulfide) groups is 1. The van der Waals surface area contributed by atoms with Crippen molar-refractivity contribution in [3.8, 4) is 10.8 Å². The molecule has 2 aromatic heterocycles. The minimum atomic E-state index is -0.000532. The molecule has 154 valence electrons. The molecule has 0 bridgehead atoms. The van der Waals surface area contributed by atoms with E-state index in [0.29, 0.717) is 37.4 Å². The Morgan fingerprint density at radius 1 is 1.32 bits per heavy atom. The van der Waals surface area contributed by atoms with E-state index in [4.69, 9.17) is 13.9 Å². The van der Waals surface area contributed by atoms with E-state index in [1.54, 1.807) is 30.5 Å². The van der Waals surface area contributed by atoms with E-state index < -0.39 is 0 Å². The molecule has 3 rings (SSSR count). The molecule has 1 aliphatic carbocycles. The second kappa shape index (κ2) is 10.4. The van der Waals surface area contributed by atoms with Crippen LogP contribution in [-0.4, -0.2) is 67.3 Å². The Labute approximate surface area is 173 Å². The average Bonchev–Trinajstić information content (AvgIpc) is 3.32. The van der Waals surface area contributed by atoms with Crippen LogP contribution in [0.5, 0.6) is 0 Å². The van der Waals surface area contributed by atoms with Gasteiger partial charge in [-0.2, -0.15) is 0 Å². The lowest BCUT2D eigenvalue weighted by atomic mass is 9.90. The second-order valence-corrected chi connectivity index (χ2v) is 9.00. The van der Waals surface area contributed by atoms with Crippen LogP contribution in [0.1, 0.15) is 23.8 Å². The molecule has 0 aliphatic heterocycles. The van der Waals surface area contributed by atoms with Crippen molar-refractivity contribution in [1.82, 2.24) is 15.1 Å². The molecule has 0 saturated carbocycles. The van der Waals surface area contributed by atoms with Crippen molar-refractivity contribution >= 4 is 29.0 Å². The predicted octanol–water partition coefficient (Wildman–Crippen LogP) is 3.14. The van der Waals surface area contributed by atoms with Gasteiger partial charge in [-0.3, -0.25) is 4.79 Å². The number of methoxy groups -OCH3 is 2. The lowest BCUT2D eigenvalue weighted by Gasteiger charge is -2.21. The van der Waals surface area contributed by atoms with E-state index in [1.165, 1.54) is 28.6 Å². The zero-order valence-corrected chi connectivity index (χ0v) is 18.2. The first-order valence-corrected chi connectivity index (χ1v) is 11.2. The molecule has 1 aliphatic rings. The number of hydrogen-bond donors (Lipinski definition) is 0. The van der Waals surface area contributed by atoms with Gasteiger partial charge >= 0.3 is 0 Å². The molecular weight excluding hydrogens is 398 g/mol. The van der Waals surface area contributed by atoms with E-state index >= 15 is 0 Å². The van der Waals surface area contributed by atoms with Crippen LogP contribution in [0, 0.1) is 5.92 Å².